The molecule has 0 fully saturated rings. The van der Waals surface area contributed by atoms with Crippen molar-refractivity contribution in [1.82, 2.24) is 0 Å². The Labute approximate surface area is 581 Å². The molecule has 0 aliphatic heterocycles. The van der Waals surface area contributed by atoms with Crippen LogP contribution >= 0.6 is 15.6 Å². The Bertz CT molecular complexity index is 2300. The summed E-state index contributed by atoms with van der Waals surface area (Å²) >= 11 is 0. The third kappa shape index (κ3) is 68.0. The van der Waals surface area contributed by atoms with E-state index in [9.17, 15) is 43.2 Å². The molecule has 0 rings (SSSR count). The summed E-state index contributed by atoms with van der Waals surface area (Å²) in [4.78, 5) is 72.6. The van der Waals surface area contributed by atoms with Crippen molar-refractivity contribution < 1.29 is 80.2 Å². The van der Waals surface area contributed by atoms with E-state index in [2.05, 4.69) is 149 Å². The number of hydrogen-bond donors (Lipinski definition) is 3. The van der Waals surface area contributed by atoms with Crippen LogP contribution in [0.25, 0.3) is 0 Å². The zero-order valence-corrected chi connectivity index (χ0v) is 61.5. The lowest BCUT2D eigenvalue weighted by Gasteiger charge is -2.21. The molecule has 550 valence electrons. The maximum atomic E-state index is 13.1. The molecule has 0 aliphatic carbocycles. The molecule has 0 amide bonds. The minimum Gasteiger partial charge on any atom is -0.462 e. The van der Waals surface area contributed by atoms with Crippen LogP contribution in [0.2, 0.25) is 0 Å². The molecule has 5 atom stereocenters. The van der Waals surface area contributed by atoms with E-state index in [4.69, 9.17) is 37.0 Å². The number of allylic oxidation sites excluding steroid dienone is 20. The van der Waals surface area contributed by atoms with Crippen LogP contribution in [0.3, 0.4) is 0 Å². The van der Waals surface area contributed by atoms with Crippen LogP contribution in [0.1, 0.15) is 285 Å². The summed E-state index contributed by atoms with van der Waals surface area (Å²) in [7, 11) is -9.96. The van der Waals surface area contributed by atoms with Gasteiger partial charge in [0.2, 0.25) is 0 Å². The number of hydrogen-bond acceptors (Lipinski definition) is 15. The van der Waals surface area contributed by atoms with Crippen LogP contribution in [0.5, 0.6) is 0 Å². The molecule has 3 N–H and O–H groups in total. The summed E-state index contributed by atoms with van der Waals surface area (Å²) in [6, 6.07) is 0. The number of carbonyl (C=O) groups excluding carboxylic acids is 4. The Morgan fingerprint density at radius 2 is 0.552 bits per heavy atom. The van der Waals surface area contributed by atoms with E-state index in [1.165, 1.54) is 51.4 Å². The van der Waals surface area contributed by atoms with Gasteiger partial charge in [-0.1, -0.05) is 252 Å². The fourth-order valence-electron chi connectivity index (χ4n) is 9.33. The first kappa shape index (κ1) is 91.5. The van der Waals surface area contributed by atoms with Gasteiger partial charge in [-0.2, -0.15) is 0 Å². The first-order chi connectivity index (χ1) is 46.7. The average molecular weight is 1390 g/mol. The SMILES string of the molecule is CC/C=C\C/C=C\C/C=C\C/C=C\C/C=C\CCCCCC(=O)OCC(COP(=O)(O)OCC(O)COP(=O)(O)OCC(COC(=O)CCCCCCC/C=C\CCCC)OC(=O)CCCCCCCCCCCCC)OC(=O)CCCC/C=C\C/C=C\C/C=C\C/C=C\CC. The summed E-state index contributed by atoms with van der Waals surface area (Å²) < 4.78 is 68.2. The zero-order chi connectivity index (χ0) is 70.4. The fraction of sp³-hybridized carbons (Fsp3) is 0.688. The number of phosphoric acid groups is 2. The number of aliphatic hydroxyl groups excluding tert-OH is 1. The smallest absolute Gasteiger partial charge is 0.462 e. The molecule has 19 heteroatoms. The summed E-state index contributed by atoms with van der Waals surface area (Å²) in [5, 5.41) is 10.6. The highest BCUT2D eigenvalue weighted by Gasteiger charge is 2.30. The van der Waals surface area contributed by atoms with Crippen LogP contribution in [0.4, 0.5) is 0 Å². The van der Waals surface area contributed by atoms with E-state index in [0.29, 0.717) is 32.1 Å². The van der Waals surface area contributed by atoms with Crippen molar-refractivity contribution in [3.05, 3.63) is 122 Å². The normalized spacial score (nSPS) is 14.7. The zero-order valence-electron chi connectivity index (χ0n) is 59.8. The minimum atomic E-state index is -4.99. The third-order valence-electron chi connectivity index (χ3n) is 14.9. The van der Waals surface area contributed by atoms with Crippen molar-refractivity contribution in [2.24, 2.45) is 0 Å². The Balaban J connectivity index is 5.39. The van der Waals surface area contributed by atoms with E-state index in [0.717, 1.165) is 148 Å². The summed E-state index contributed by atoms with van der Waals surface area (Å²) in [5.74, 6) is -2.27. The number of rotatable bonds is 68. The van der Waals surface area contributed by atoms with Gasteiger partial charge in [-0.3, -0.25) is 37.3 Å². The van der Waals surface area contributed by atoms with E-state index >= 15 is 0 Å². The van der Waals surface area contributed by atoms with Gasteiger partial charge in [-0.05, 0) is 128 Å². The Kier molecular flexibility index (Phi) is 65.7. The highest BCUT2D eigenvalue weighted by atomic mass is 31.2. The molecule has 0 aromatic carbocycles. The van der Waals surface area contributed by atoms with Gasteiger partial charge in [0.15, 0.2) is 12.2 Å². The Morgan fingerprint density at radius 3 is 0.906 bits per heavy atom. The van der Waals surface area contributed by atoms with Gasteiger partial charge in [-0.15, -0.1) is 0 Å². The minimum absolute atomic E-state index is 0.0324. The molecule has 0 saturated heterocycles. The lowest BCUT2D eigenvalue weighted by Crippen LogP contribution is -2.30. The monoisotopic (exact) mass is 1390 g/mol. The maximum absolute atomic E-state index is 13.1. The lowest BCUT2D eigenvalue weighted by atomic mass is 10.1. The molecule has 0 saturated carbocycles. The molecule has 0 spiro atoms. The molecular weight excluding hydrogens is 1260 g/mol. The molecule has 0 aromatic rings. The predicted octanol–water partition coefficient (Wildman–Crippen LogP) is 20.8. The Morgan fingerprint density at radius 1 is 0.302 bits per heavy atom. The van der Waals surface area contributed by atoms with Gasteiger partial charge in [0.05, 0.1) is 26.4 Å². The molecule has 0 heterocycles. The van der Waals surface area contributed by atoms with Gasteiger partial charge >= 0.3 is 39.5 Å². The second kappa shape index (κ2) is 69.0. The van der Waals surface area contributed by atoms with Crippen molar-refractivity contribution >= 4 is 39.5 Å². The van der Waals surface area contributed by atoms with Crippen LogP contribution in [0.15, 0.2) is 122 Å². The molecular formula is C77H130O17P2. The number of esters is 4. The van der Waals surface area contributed by atoms with E-state index in [-0.39, 0.29) is 25.7 Å². The number of carbonyl (C=O) groups is 4. The van der Waals surface area contributed by atoms with Crippen LogP contribution in [0, 0.1) is 0 Å². The van der Waals surface area contributed by atoms with E-state index < -0.39 is 97.5 Å². The molecule has 0 aromatic heterocycles. The van der Waals surface area contributed by atoms with Gasteiger partial charge in [0.25, 0.3) is 0 Å². The van der Waals surface area contributed by atoms with Crippen LogP contribution < -0.4 is 0 Å². The molecule has 5 unspecified atom stereocenters. The van der Waals surface area contributed by atoms with E-state index in [1.807, 2.05) is 0 Å². The van der Waals surface area contributed by atoms with Crippen molar-refractivity contribution in [1.29, 1.82) is 0 Å². The molecule has 0 radical (unpaired) electrons. The number of phosphoric ester groups is 2. The number of ether oxygens (including phenoxy) is 4. The van der Waals surface area contributed by atoms with E-state index in [1.54, 1.807) is 0 Å². The Hall–Kier alpha value is -4.54. The predicted molar refractivity (Wildman–Crippen MR) is 390 cm³/mol. The first-order valence-electron chi connectivity index (χ1n) is 36.8. The lowest BCUT2D eigenvalue weighted by molar-refractivity contribution is -0.161. The number of unbranched alkanes of at least 4 members (excludes halogenated alkanes) is 22. The topological polar surface area (TPSA) is 237 Å². The van der Waals surface area contributed by atoms with Gasteiger partial charge in [0.1, 0.15) is 19.3 Å². The quantitative estimate of drug-likeness (QED) is 0.0169. The highest BCUT2D eigenvalue weighted by molar-refractivity contribution is 7.47. The average Bonchev–Trinajstić information content (AvgIpc) is 1.41. The first-order valence-corrected chi connectivity index (χ1v) is 39.8. The number of aliphatic hydroxyl groups is 1. The van der Waals surface area contributed by atoms with Crippen molar-refractivity contribution in [3.8, 4) is 0 Å². The van der Waals surface area contributed by atoms with Crippen molar-refractivity contribution in [2.45, 2.75) is 303 Å². The van der Waals surface area contributed by atoms with Gasteiger partial charge < -0.3 is 33.8 Å². The largest absolute Gasteiger partial charge is 0.472 e. The van der Waals surface area contributed by atoms with Crippen molar-refractivity contribution in [3.63, 3.8) is 0 Å². The fourth-order valence-corrected chi connectivity index (χ4v) is 10.9. The second-order valence-electron chi connectivity index (χ2n) is 24.1. The third-order valence-corrected chi connectivity index (χ3v) is 16.8. The van der Waals surface area contributed by atoms with Gasteiger partial charge in [0, 0.05) is 25.7 Å². The summed E-state index contributed by atoms with van der Waals surface area (Å²) in [5.41, 5.74) is 0. The molecule has 17 nitrogen and oxygen atoms in total. The van der Waals surface area contributed by atoms with Crippen LogP contribution in [-0.2, 0) is 65.4 Å². The molecule has 96 heavy (non-hydrogen) atoms. The summed E-state index contributed by atoms with van der Waals surface area (Å²) in [6.07, 6.45) is 73.6. The molecule has 0 bridgehead atoms. The summed E-state index contributed by atoms with van der Waals surface area (Å²) in [6.45, 7) is 4.49. The van der Waals surface area contributed by atoms with Crippen LogP contribution in [-0.4, -0.2) is 96.7 Å². The highest BCUT2D eigenvalue weighted by Crippen LogP contribution is 2.45. The van der Waals surface area contributed by atoms with Gasteiger partial charge in [-0.25, -0.2) is 9.13 Å². The van der Waals surface area contributed by atoms with Crippen molar-refractivity contribution in [2.75, 3.05) is 39.6 Å². The standard InChI is InChI=1S/C77H130O17P2/c1-5-9-13-17-21-25-29-31-33-34-35-36-38-39-43-46-50-54-58-62-75(80)88-68-73(94-77(82)64-60-56-52-48-44-40-37-32-30-26-22-18-14-10-6-2)70-92-96(85,86)90-66-71(78)65-89-95(83,84)91-69-72(93-76(81)63-59-55-51-47-42-28-24-20-16-12-8-4)67-87-74(79)61-57-53-49-45-41-27-23-19-15-11-7-3/h9-10,13-14,19,21-23,25-26,31-33,35-37,39,43-44,48,71-73,78H,5-8,11-12,15-18,20,24,27-30,34,38,40-42,45-47,49-70H2,1-4H3,(H,83,84)(H,85,86)/b13-9-,14-10-,23-19-,25-21-,26-22-,33-31-,36-35-,37-32-,43-39-,48-44-. The molecule has 0 aliphatic rings. The maximum Gasteiger partial charge on any atom is 0.472 e. The second-order valence-corrected chi connectivity index (χ2v) is 27.0.